The Kier molecular flexibility index (Phi) is 4.50. The third-order valence-electron chi connectivity index (χ3n) is 3.22. The minimum absolute atomic E-state index is 0.0352. The van der Waals surface area contributed by atoms with E-state index in [1.807, 2.05) is 38.3 Å². The van der Waals surface area contributed by atoms with Gasteiger partial charge in [-0.05, 0) is 24.3 Å². The van der Waals surface area contributed by atoms with Gasteiger partial charge in [-0.1, -0.05) is 31.5 Å². The summed E-state index contributed by atoms with van der Waals surface area (Å²) in [5.41, 5.74) is -0.282. The number of nitrogens with zero attached hydrogens (tertiary/aromatic N) is 1. The molecule has 2 aromatic heterocycles. The SMILES string of the molecule is CC(C)c1c(Cl)[nH]c(=O)n(C(C)Cc2cccs2)c1=O. The van der Waals surface area contributed by atoms with Crippen molar-refractivity contribution in [3.63, 3.8) is 0 Å². The largest absolute Gasteiger partial charge is 0.329 e. The Labute approximate surface area is 126 Å². The van der Waals surface area contributed by atoms with E-state index in [0.717, 1.165) is 4.88 Å². The maximum Gasteiger partial charge on any atom is 0.329 e. The molecule has 0 aliphatic rings. The van der Waals surface area contributed by atoms with Crippen LogP contribution in [0.1, 0.15) is 43.2 Å². The van der Waals surface area contributed by atoms with Gasteiger partial charge in [0.05, 0.1) is 5.56 Å². The number of aromatic amines is 1. The minimum atomic E-state index is -0.451. The highest BCUT2D eigenvalue weighted by atomic mass is 35.5. The molecule has 0 fully saturated rings. The Morgan fingerprint density at radius 3 is 2.60 bits per heavy atom. The average Bonchev–Trinajstić information content (AvgIpc) is 2.79. The summed E-state index contributed by atoms with van der Waals surface area (Å²) in [6.07, 6.45) is 0.653. The third kappa shape index (κ3) is 2.88. The number of H-pyrrole nitrogens is 1. The van der Waals surface area contributed by atoms with E-state index in [4.69, 9.17) is 11.6 Å². The fourth-order valence-corrected chi connectivity index (χ4v) is 3.46. The van der Waals surface area contributed by atoms with Crippen LogP contribution in [0.3, 0.4) is 0 Å². The lowest BCUT2D eigenvalue weighted by molar-refractivity contribution is 0.497. The molecule has 0 amide bonds. The molecular weight excluding hydrogens is 296 g/mol. The van der Waals surface area contributed by atoms with Gasteiger partial charge in [0.2, 0.25) is 0 Å². The molecule has 108 valence electrons. The number of hydrogen-bond donors (Lipinski definition) is 1. The van der Waals surface area contributed by atoms with E-state index in [9.17, 15) is 9.59 Å². The van der Waals surface area contributed by atoms with Crippen molar-refractivity contribution in [3.8, 4) is 0 Å². The van der Waals surface area contributed by atoms with Gasteiger partial charge in [0, 0.05) is 17.3 Å². The zero-order chi connectivity index (χ0) is 14.9. The van der Waals surface area contributed by atoms with Gasteiger partial charge in [0.25, 0.3) is 5.56 Å². The number of aromatic nitrogens is 2. The van der Waals surface area contributed by atoms with E-state index in [2.05, 4.69) is 4.98 Å². The molecular formula is C14H17ClN2O2S. The molecule has 0 bridgehead atoms. The second-order valence-electron chi connectivity index (χ2n) is 5.12. The van der Waals surface area contributed by atoms with Crippen LogP contribution in [0.2, 0.25) is 5.15 Å². The van der Waals surface area contributed by atoms with Crippen LogP contribution >= 0.6 is 22.9 Å². The van der Waals surface area contributed by atoms with E-state index in [-0.39, 0.29) is 22.7 Å². The van der Waals surface area contributed by atoms with Gasteiger partial charge in [-0.15, -0.1) is 11.3 Å². The van der Waals surface area contributed by atoms with E-state index in [1.165, 1.54) is 4.57 Å². The van der Waals surface area contributed by atoms with E-state index in [1.54, 1.807) is 11.3 Å². The van der Waals surface area contributed by atoms with Crippen LogP contribution in [-0.4, -0.2) is 9.55 Å². The van der Waals surface area contributed by atoms with Crippen molar-refractivity contribution in [1.29, 1.82) is 0 Å². The Morgan fingerprint density at radius 2 is 2.05 bits per heavy atom. The number of hydrogen-bond acceptors (Lipinski definition) is 3. The molecule has 2 aromatic rings. The van der Waals surface area contributed by atoms with Gasteiger partial charge >= 0.3 is 5.69 Å². The molecule has 0 aliphatic carbocycles. The van der Waals surface area contributed by atoms with Crippen LogP contribution in [0.4, 0.5) is 0 Å². The first-order valence-electron chi connectivity index (χ1n) is 6.48. The Hall–Kier alpha value is -1.33. The van der Waals surface area contributed by atoms with Crippen LogP contribution in [0.15, 0.2) is 27.1 Å². The van der Waals surface area contributed by atoms with Crippen molar-refractivity contribution in [2.24, 2.45) is 0 Å². The Balaban J connectivity index is 2.48. The van der Waals surface area contributed by atoms with Gasteiger partial charge in [-0.3, -0.25) is 14.3 Å². The first-order chi connectivity index (χ1) is 9.41. The molecule has 0 radical (unpaired) electrons. The Bertz CT molecular complexity index is 701. The summed E-state index contributed by atoms with van der Waals surface area (Å²) >= 11 is 7.60. The molecule has 0 spiro atoms. The molecule has 6 heteroatoms. The van der Waals surface area contributed by atoms with Gasteiger partial charge in [0.1, 0.15) is 5.15 Å². The lowest BCUT2D eigenvalue weighted by atomic mass is 10.1. The predicted molar refractivity (Wildman–Crippen MR) is 83.2 cm³/mol. The summed E-state index contributed by atoms with van der Waals surface area (Å²) in [5, 5.41) is 2.13. The van der Waals surface area contributed by atoms with Crippen molar-refractivity contribution in [2.75, 3.05) is 0 Å². The lowest BCUT2D eigenvalue weighted by Gasteiger charge is -2.16. The van der Waals surface area contributed by atoms with Crippen molar-refractivity contribution in [3.05, 3.63) is 53.9 Å². The second kappa shape index (κ2) is 5.97. The summed E-state index contributed by atoms with van der Waals surface area (Å²) in [4.78, 5) is 28.2. The fourth-order valence-electron chi connectivity index (χ4n) is 2.25. The van der Waals surface area contributed by atoms with E-state index >= 15 is 0 Å². The molecule has 0 saturated heterocycles. The van der Waals surface area contributed by atoms with Crippen molar-refractivity contribution >= 4 is 22.9 Å². The normalized spacial score (nSPS) is 12.8. The maximum atomic E-state index is 12.5. The van der Waals surface area contributed by atoms with Crippen molar-refractivity contribution in [1.82, 2.24) is 9.55 Å². The van der Waals surface area contributed by atoms with Crippen LogP contribution in [0.25, 0.3) is 0 Å². The van der Waals surface area contributed by atoms with Gasteiger partial charge in [-0.2, -0.15) is 0 Å². The summed E-state index contributed by atoms with van der Waals surface area (Å²) in [5.74, 6) is -0.0352. The van der Waals surface area contributed by atoms with Gasteiger partial charge in [0.15, 0.2) is 0 Å². The first kappa shape index (κ1) is 15.1. The highest BCUT2D eigenvalue weighted by molar-refractivity contribution is 7.09. The molecule has 2 heterocycles. The molecule has 4 nitrogen and oxygen atoms in total. The molecule has 2 rings (SSSR count). The van der Waals surface area contributed by atoms with Gasteiger partial charge < -0.3 is 0 Å². The summed E-state index contributed by atoms with van der Waals surface area (Å²) in [6, 6.07) is 3.75. The molecule has 1 unspecified atom stereocenters. The second-order valence-corrected chi connectivity index (χ2v) is 6.53. The third-order valence-corrected chi connectivity index (χ3v) is 4.41. The summed E-state index contributed by atoms with van der Waals surface area (Å²) < 4.78 is 1.26. The highest BCUT2D eigenvalue weighted by Crippen LogP contribution is 2.19. The van der Waals surface area contributed by atoms with Gasteiger partial charge in [-0.25, -0.2) is 4.79 Å². The van der Waals surface area contributed by atoms with Crippen LogP contribution in [0.5, 0.6) is 0 Å². The number of nitrogens with one attached hydrogen (secondary N) is 1. The summed E-state index contributed by atoms with van der Waals surface area (Å²) in [6.45, 7) is 5.64. The lowest BCUT2D eigenvalue weighted by Crippen LogP contribution is -2.40. The Morgan fingerprint density at radius 1 is 1.35 bits per heavy atom. The average molecular weight is 313 g/mol. The van der Waals surface area contributed by atoms with Crippen molar-refractivity contribution in [2.45, 2.75) is 39.2 Å². The smallest absolute Gasteiger partial charge is 0.297 e. The number of rotatable bonds is 4. The van der Waals surface area contributed by atoms with Crippen LogP contribution < -0.4 is 11.2 Å². The molecule has 0 aromatic carbocycles. The zero-order valence-corrected chi connectivity index (χ0v) is 13.2. The first-order valence-corrected chi connectivity index (χ1v) is 7.74. The van der Waals surface area contributed by atoms with E-state index < -0.39 is 5.69 Å². The standard InChI is InChI=1S/C14H17ClN2O2S/c1-8(2)11-12(15)16-14(19)17(13(11)18)9(3)7-10-5-4-6-20-10/h4-6,8-9H,7H2,1-3H3,(H,16,19). The van der Waals surface area contributed by atoms with Crippen LogP contribution in [-0.2, 0) is 6.42 Å². The fraction of sp³-hybridized carbons (Fsp3) is 0.429. The monoisotopic (exact) mass is 312 g/mol. The topological polar surface area (TPSA) is 54.9 Å². The molecule has 20 heavy (non-hydrogen) atoms. The molecule has 0 saturated carbocycles. The van der Waals surface area contributed by atoms with E-state index in [0.29, 0.717) is 12.0 Å². The molecule has 1 N–H and O–H groups in total. The van der Waals surface area contributed by atoms with Crippen LogP contribution in [0, 0.1) is 0 Å². The maximum absolute atomic E-state index is 12.5. The minimum Gasteiger partial charge on any atom is -0.297 e. The zero-order valence-electron chi connectivity index (χ0n) is 11.6. The quantitative estimate of drug-likeness (QED) is 0.882. The van der Waals surface area contributed by atoms with Crippen molar-refractivity contribution < 1.29 is 0 Å². The highest BCUT2D eigenvalue weighted by Gasteiger charge is 2.19. The molecule has 0 aliphatic heterocycles. The molecule has 1 atom stereocenters. The summed E-state index contributed by atoms with van der Waals surface area (Å²) in [7, 11) is 0. The number of thiophene rings is 1. The number of halogens is 1. The predicted octanol–water partition coefficient (Wildman–Crippen LogP) is 3.18.